The summed E-state index contributed by atoms with van der Waals surface area (Å²) in [7, 11) is 0. The summed E-state index contributed by atoms with van der Waals surface area (Å²) >= 11 is 5.77. The topological polar surface area (TPSA) is 55.4 Å². The van der Waals surface area contributed by atoms with Crippen LogP contribution in [-0.2, 0) is 14.3 Å². The van der Waals surface area contributed by atoms with Crippen LogP contribution in [0.5, 0.6) is 0 Å². The highest BCUT2D eigenvalue weighted by Crippen LogP contribution is 2.19. The molecule has 0 saturated carbocycles. The van der Waals surface area contributed by atoms with Crippen molar-refractivity contribution in [1.29, 1.82) is 0 Å². The third-order valence-corrected chi connectivity index (χ3v) is 3.59. The van der Waals surface area contributed by atoms with Gasteiger partial charge in [-0.3, -0.25) is 9.59 Å². The van der Waals surface area contributed by atoms with Crippen LogP contribution in [0.1, 0.15) is 24.8 Å². The summed E-state index contributed by atoms with van der Waals surface area (Å²) < 4.78 is 5.01. The van der Waals surface area contributed by atoms with Gasteiger partial charge >= 0.3 is 5.97 Å². The summed E-state index contributed by atoms with van der Waals surface area (Å²) in [6.07, 6.45) is 0.234. The lowest BCUT2D eigenvalue weighted by Gasteiger charge is -2.11. The quantitative estimate of drug-likeness (QED) is 0.813. The summed E-state index contributed by atoms with van der Waals surface area (Å²) in [5, 5.41) is 3.22. The molecule has 0 aliphatic carbocycles. The molecular weight excluding hydrogens is 314 g/mol. The fourth-order valence-corrected chi connectivity index (χ4v) is 2.21. The zero-order valence-corrected chi connectivity index (χ0v) is 13.5. The van der Waals surface area contributed by atoms with Crippen molar-refractivity contribution in [2.75, 3.05) is 11.9 Å². The molecular formula is C18H18ClNO3. The van der Waals surface area contributed by atoms with Crippen LogP contribution in [0.2, 0.25) is 5.02 Å². The molecule has 1 atom stereocenters. The van der Waals surface area contributed by atoms with E-state index in [2.05, 4.69) is 5.32 Å². The predicted octanol–water partition coefficient (Wildman–Crippen LogP) is 4.02. The van der Waals surface area contributed by atoms with Gasteiger partial charge in [-0.15, -0.1) is 0 Å². The van der Waals surface area contributed by atoms with Gasteiger partial charge in [-0.05, 0) is 35.7 Å². The summed E-state index contributed by atoms with van der Waals surface area (Å²) in [6, 6.07) is 16.4. The summed E-state index contributed by atoms with van der Waals surface area (Å²) in [4.78, 5) is 23.5. The first-order valence-corrected chi connectivity index (χ1v) is 7.68. The first-order valence-electron chi connectivity index (χ1n) is 7.30. The lowest BCUT2D eigenvalue weighted by Crippen LogP contribution is -2.21. The molecule has 2 rings (SSSR count). The van der Waals surface area contributed by atoms with Crippen LogP contribution in [0.3, 0.4) is 0 Å². The Morgan fingerprint density at radius 3 is 2.39 bits per heavy atom. The number of esters is 1. The molecule has 0 heterocycles. The average Bonchev–Trinajstić information content (AvgIpc) is 2.56. The fourth-order valence-electron chi connectivity index (χ4n) is 2.08. The first-order chi connectivity index (χ1) is 11.0. The van der Waals surface area contributed by atoms with Crippen LogP contribution in [-0.4, -0.2) is 18.5 Å². The van der Waals surface area contributed by atoms with Crippen molar-refractivity contribution in [2.45, 2.75) is 19.3 Å². The number of carbonyl (C=O) groups excluding carboxylic acids is 2. The van der Waals surface area contributed by atoms with Crippen molar-refractivity contribution < 1.29 is 14.3 Å². The highest BCUT2D eigenvalue weighted by atomic mass is 35.5. The minimum absolute atomic E-state index is 0.0445. The van der Waals surface area contributed by atoms with E-state index in [1.807, 2.05) is 37.3 Å². The van der Waals surface area contributed by atoms with Gasteiger partial charge in [-0.1, -0.05) is 48.9 Å². The SMILES string of the molecule is C[C@@H](CC(=O)OCC(=O)Nc1ccc(Cl)cc1)c1ccccc1. The Kier molecular flexibility index (Phi) is 6.18. The first kappa shape index (κ1) is 17.0. The Balaban J connectivity index is 1.75. The van der Waals surface area contributed by atoms with E-state index in [0.717, 1.165) is 5.56 Å². The standard InChI is InChI=1S/C18H18ClNO3/c1-13(14-5-3-2-4-6-14)11-18(22)23-12-17(21)20-16-9-7-15(19)8-10-16/h2-10,13H,11-12H2,1H3,(H,20,21)/t13-/m0/s1. The second-order valence-electron chi connectivity index (χ2n) is 5.23. The Morgan fingerprint density at radius 2 is 1.74 bits per heavy atom. The number of carbonyl (C=O) groups is 2. The molecule has 0 saturated heterocycles. The van der Waals surface area contributed by atoms with E-state index in [1.165, 1.54) is 0 Å². The molecule has 1 amide bonds. The van der Waals surface area contributed by atoms with Crippen molar-refractivity contribution in [1.82, 2.24) is 0 Å². The molecule has 0 bridgehead atoms. The average molecular weight is 332 g/mol. The highest BCUT2D eigenvalue weighted by molar-refractivity contribution is 6.30. The number of anilines is 1. The van der Waals surface area contributed by atoms with Crippen molar-refractivity contribution in [3.63, 3.8) is 0 Å². The molecule has 5 heteroatoms. The monoisotopic (exact) mass is 331 g/mol. The van der Waals surface area contributed by atoms with Gasteiger partial charge < -0.3 is 10.1 Å². The highest BCUT2D eigenvalue weighted by Gasteiger charge is 2.13. The molecule has 4 nitrogen and oxygen atoms in total. The number of hydrogen-bond donors (Lipinski definition) is 1. The number of halogens is 1. The number of amides is 1. The second-order valence-corrected chi connectivity index (χ2v) is 5.67. The van der Waals surface area contributed by atoms with Crippen molar-refractivity contribution in [3.8, 4) is 0 Å². The van der Waals surface area contributed by atoms with Crippen LogP contribution >= 0.6 is 11.6 Å². The third kappa shape index (κ3) is 5.75. The van der Waals surface area contributed by atoms with E-state index >= 15 is 0 Å². The zero-order valence-electron chi connectivity index (χ0n) is 12.8. The Hall–Kier alpha value is -2.33. The van der Waals surface area contributed by atoms with Gasteiger partial charge in [0.15, 0.2) is 6.61 Å². The van der Waals surface area contributed by atoms with Crippen LogP contribution < -0.4 is 5.32 Å². The van der Waals surface area contributed by atoms with E-state index in [-0.39, 0.29) is 24.9 Å². The molecule has 120 valence electrons. The normalized spacial score (nSPS) is 11.6. The molecule has 0 aromatic heterocycles. The molecule has 2 aromatic rings. The molecule has 1 N–H and O–H groups in total. The fraction of sp³-hybridized carbons (Fsp3) is 0.222. The second kappa shape index (κ2) is 8.34. The molecule has 2 aromatic carbocycles. The zero-order chi connectivity index (χ0) is 16.7. The van der Waals surface area contributed by atoms with E-state index in [4.69, 9.17) is 16.3 Å². The van der Waals surface area contributed by atoms with Gasteiger partial charge in [0.1, 0.15) is 0 Å². The van der Waals surface area contributed by atoms with Crippen LogP contribution in [0, 0.1) is 0 Å². The number of benzene rings is 2. The molecule has 0 spiro atoms. The number of hydrogen-bond acceptors (Lipinski definition) is 3. The number of ether oxygens (including phenoxy) is 1. The summed E-state index contributed by atoms with van der Waals surface area (Å²) in [5.74, 6) is -0.733. The molecule has 0 fully saturated rings. The van der Waals surface area contributed by atoms with Gasteiger partial charge in [0.05, 0.1) is 6.42 Å². The van der Waals surface area contributed by atoms with Gasteiger partial charge in [0, 0.05) is 10.7 Å². The lowest BCUT2D eigenvalue weighted by molar-refractivity contribution is -0.147. The molecule has 0 radical (unpaired) electrons. The maximum absolute atomic E-state index is 11.8. The maximum atomic E-state index is 11.8. The third-order valence-electron chi connectivity index (χ3n) is 3.33. The number of nitrogens with one attached hydrogen (secondary N) is 1. The van der Waals surface area contributed by atoms with E-state index < -0.39 is 5.97 Å². The molecule has 0 aliphatic heterocycles. The van der Waals surface area contributed by atoms with Crippen LogP contribution in [0.25, 0.3) is 0 Å². The Morgan fingerprint density at radius 1 is 1.09 bits per heavy atom. The van der Waals surface area contributed by atoms with Crippen LogP contribution in [0.15, 0.2) is 54.6 Å². The molecule has 0 unspecified atom stereocenters. The predicted molar refractivity (Wildman–Crippen MR) is 90.5 cm³/mol. The molecule has 0 aliphatic rings. The summed E-state index contributed by atoms with van der Waals surface area (Å²) in [5.41, 5.74) is 1.67. The Labute approximate surface area is 140 Å². The van der Waals surface area contributed by atoms with Gasteiger partial charge in [-0.25, -0.2) is 0 Å². The van der Waals surface area contributed by atoms with Crippen molar-refractivity contribution >= 4 is 29.2 Å². The lowest BCUT2D eigenvalue weighted by atomic mass is 9.98. The van der Waals surface area contributed by atoms with E-state index in [9.17, 15) is 9.59 Å². The largest absolute Gasteiger partial charge is 0.456 e. The van der Waals surface area contributed by atoms with Gasteiger partial charge in [-0.2, -0.15) is 0 Å². The van der Waals surface area contributed by atoms with Gasteiger partial charge in [0.2, 0.25) is 0 Å². The smallest absolute Gasteiger partial charge is 0.306 e. The van der Waals surface area contributed by atoms with Crippen molar-refractivity contribution in [3.05, 3.63) is 65.2 Å². The summed E-state index contributed by atoms with van der Waals surface area (Å²) in [6.45, 7) is 1.65. The number of rotatable bonds is 6. The Bertz CT molecular complexity index is 656. The van der Waals surface area contributed by atoms with E-state index in [0.29, 0.717) is 10.7 Å². The minimum Gasteiger partial charge on any atom is -0.456 e. The van der Waals surface area contributed by atoms with Gasteiger partial charge in [0.25, 0.3) is 5.91 Å². The minimum atomic E-state index is -0.396. The van der Waals surface area contributed by atoms with E-state index in [1.54, 1.807) is 24.3 Å². The van der Waals surface area contributed by atoms with Crippen molar-refractivity contribution in [2.24, 2.45) is 0 Å². The molecule has 23 heavy (non-hydrogen) atoms. The maximum Gasteiger partial charge on any atom is 0.306 e. The van der Waals surface area contributed by atoms with Crippen LogP contribution in [0.4, 0.5) is 5.69 Å².